The first-order chi connectivity index (χ1) is 12.2. The molecule has 6 nitrogen and oxygen atoms in total. The van der Waals surface area contributed by atoms with Crippen molar-refractivity contribution in [3.05, 3.63) is 59.6 Å². The lowest BCUT2D eigenvalue weighted by molar-refractivity contribution is 0.0425. The summed E-state index contributed by atoms with van der Waals surface area (Å²) in [6, 6.07) is 11.3. The van der Waals surface area contributed by atoms with Crippen molar-refractivity contribution < 1.29 is 14.1 Å². The van der Waals surface area contributed by atoms with Crippen molar-refractivity contribution in [3.8, 4) is 11.4 Å². The molecule has 0 atom stereocenters. The van der Waals surface area contributed by atoms with Gasteiger partial charge >= 0.3 is 5.97 Å². The van der Waals surface area contributed by atoms with Gasteiger partial charge in [-0.05, 0) is 30.4 Å². The second-order valence-electron chi connectivity index (χ2n) is 5.20. The number of carbonyl (C=O) groups is 1. The highest BCUT2D eigenvalue weighted by Gasteiger charge is 2.15. The molecule has 7 heteroatoms. The van der Waals surface area contributed by atoms with Crippen LogP contribution < -0.4 is 0 Å². The average molecular weight is 355 g/mol. The molecule has 0 spiro atoms. The van der Waals surface area contributed by atoms with Gasteiger partial charge in [0.05, 0.1) is 5.56 Å². The molecule has 25 heavy (non-hydrogen) atoms. The highest BCUT2D eigenvalue weighted by molar-refractivity contribution is 7.98. The summed E-state index contributed by atoms with van der Waals surface area (Å²) < 4.78 is 10.4. The van der Waals surface area contributed by atoms with Crippen LogP contribution in [0.4, 0.5) is 0 Å². The van der Waals surface area contributed by atoms with Crippen molar-refractivity contribution in [3.63, 3.8) is 0 Å². The first-order valence-electron chi connectivity index (χ1n) is 7.79. The molecule has 0 fully saturated rings. The van der Waals surface area contributed by atoms with E-state index in [1.54, 1.807) is 18.3 Å². The monoisotopic (exact) mass is 355 g/mol. The fourth-order valence-electron chi connectivity index (χ4n) is 2.23. The molecule has 0 aliphatic carbocycles. The maximum absolute atomic E-state index is 12.2. The standard InChI is InChI=1S/C18H17N3O3S/c1-3-12-6-8-13(9-7-12)16-20-15(24-21-16)11-23-18(22)14-5-4-10-19-17(14)25-2/h4-10H,3,11H2,1-2H3. The van der Waals surface area contributed by atoms with Crippen LogP contribution in [0.5, 0.6) is 0 Å². The number of esters is 1. The minimum Gasteiger partial charge on any atom is -0.452 e. The zero-order chi connectivity index (χ0) is 17.6. The number of rotatable bonds is 6. The zero-order valence-corrected chi connectivity index (χ0v) is 14.7. The van der Waals surface area contributed by atoms with E-state index >= 15 is 0 Å². The molecule has 128 valence electrons. The van der Waals surface area contributed by atoms with E-state index in [9.17, 15) is 4.79 Å². The van der Waals surface area contributed by atoms with Crippen molar-refractivity contribution in [2.24, 2.45) is 0 Å². The predicted molar refractivity (Wildman–Crippen MR) is 94.2 cm³/mol. The van der Waals surface area contributed by atoms with Crippen LogP contribution in [0.15, 0.2) is 52.1 Å². The summed E-state index contributed by atoms with van der Waals surface area (Å²) in [5.41, 5.74) is 2.52. The molecule has 0 radical (unpaired) electrons. The van der Waals surface area contributed by atoms with Crippen LogP contribution in [0, 0.1) is 0 Å². The number of hydrogen-bond acceptors (Lipinski definition) is 7. The van der Waals surface area contributed by atoms with Crippen LogP contribution in [0.1, 0.15) is 28.7 Å². The van der Waals surface area contributed by atoms with Gasteiger partial charge in [0, 0.05) is 11.8 Å². The van der Waals surface area contributed by atoms with E-state index in [4.69, 9.17) is 9.26 Å². The largest absolute Gasteiger partial charge is 0.452 e. The fourth-order valence-corrected chi connectivity index (χ4v) is 2.77. The average Bonchev–Trinajstić information content (AvgIpc) is 3.15. The molecule has 0 saturated heterocycles. The Morgan fingerprint density at radius 1 is 1.24 bits per heavy atom. The number of benzene rings is 1. The van der Waals surface area contributed by atoms with Gasteiger partial charge < -0.3 is 9.26 Å². The summed E-state index contributed by atoms with van der Waals surface area (Å²) in [7, 11) is 0. The number of hydrogen-bond donors (Lipinski definition) is 0. The molecule has 0 amide bonds. The van der Waals surface area contributed by atoms with Gasteiger partial charge in [-0.15, -0.1) is 11.8 Å². The second-order valence-corrected chi connectivity index (χ2v) is 5.99. The van der Waals surface area contributed by atoms with E-state index in [0.717, 1.165) is 12.0 Å². The normalized spacial score (nSPS) is 10.6. The molecule has 0 N–H and O–H groups in total. The number of pyridine rings is 1. The molecular formula is C18H17N3O3S. The van der Waals surface area contributed by atoms with Crippen LogP contribution in [0.3, 0.4) is 0 Å². The minimum atomic E-state index is -0.468. The SMILES string of the molecule is CCc1ccc(-c2noc(COC(=O)c3cccnc3SC)n2)cc1. The van der Waals surface area contributed by atoms with E-state index in [-0.39, 0.29) is 12.5 Å². The van der Waals surface area contributed by atoms with Gasteiger partial charge in [0.2, 0.25) is 5.82 Å². The Hall–Kier alpha value is -2.67. The summed E-state index contributed by atoms with van der Waals surface area (Å²) >= 11 is 1.39. The number of aromatic nitrogens is 3. The third kappa shape index (κ3) is 4.06. The Kier molecular flexibility index (Phi) is 5.45. The first kappa shape index (κ1) is 17.2. The maximum atomic E-state index is 12.2. The number of nitrogens with zero attached hydrogens (tertiary/aromatic N) is 3. The Balaban J connectivity index is 1.66. The third-order valence-corrected chi connectivity index (χ3v) is 4.31. The lowest BCUT2D eigenvalue weighted by Crippen LogP contribution is -2.07. The summed E-state index contributed by atoms with van der Waals surface area (Å²) in [5.74, 6) is 0.252. The van der Waals surface area contributed by atoms with Gasteiger partial charge in [-0.2, -0.15) is 4.98 Å². The van der Waals surface area contributed by atoms with Gasteiger partial charge in [0.15, 0.2) is 6.61 Å². The van der Waals surface area contributed by atoms with Crippen LogP contribution >= 0.6 is 11.8 Å². The molecule has 0 unspecified atom stereocenters. The summed E-state index contributed by atoms with van der Waals surface area (Å²) in [6.45, 7) is 2.02. The number of thioether (sulfide) groups is 1. The van der Waals surface area contributed by atoms with E-state index in [1.165, 1.54) is 17.3 Å². The van der Waals surface area contributed by atoms with E-state index in [1.807, 2.05) is 30.5 Å². The van der Waals surface area contributed by atoms with E-state index < -0.39 is 5.97 Å². The summed E-state index contributed by atoms with van der Waals surface area (Å²) in [4.78, 5) is 20.6. The van der Waals surface area contributed by atoms with Crippen LogP contribution in [0.2, 0.25) is 0 Å². The Labute approximate surface area is 149 Å². The van der Waals surface area contributed by atoms with Gasteiger partial charge in [0.1, 0.15) is 5.03 Å². The fraction of sp³-hybridized carbons (Fsp3) is 0.222. The molecule has 1 aromatic carbocycles. The van der Waals surface area contributed by atoms with Crippen LogP contribution in [-0.4, -0.2) is 27.3 Å². The molecule has 2 heterocycles. The van der Waals surface area contributed by atoms with E-state index in [2.05, 4.69) is 22.0 Å². The van der Waals surface area contributed by atoms with Gasteiger partial charge in [-0.25, -0.2) is 9.78 Å². The molecule has 3 aromatic rings. The zero-order valence-electron chi connectivity index (χ0n) is 13.9. The van der Waals surface area contributed by atoms with Crippen molar-refractivity contribution in [2.45, 2.75) is 25.0 Å². The lowest BCUT2D eigenvalue weighted by Gasteiger charge is -2.04. The van der Waals surface area contributed by atoms with Gasteiger partial charge in [-0.1, -0.05) is 36.3 Å². The second kappa shape index (κ2) is 7.94. The van der Waals surface area contributed by atoms with Crippen LogP contribution in [0.25, 0.3) is 11.4 Å². The van der Waals surface area contributed by atoms with Crippen molar-refractivity contribution in [1.82, 2.24) is 15.1 Å². The van der Waals surface area contributed by atoms with Crippen molar-refractivity contribution in [1.29, 1.82) is 0 Å². The summed E-state index contributed by atoms with van der Waals surface area (Å²) in [5, 5.41) is 4.55. The topological polar surface area (TPSA) is 78.1 Å². The molecule has 0 aliphatic rings. The Bertz CT molecular complexity index is 862. The predicted octanol–water partition coefficient (Wildman–Crippen LogP) is 3.77. The maximum Gasteiger partial charge on any atom is 0.341 e. The van der Waals surface area contributed by atoms with Gasteiger partial charge in [-0.3, -0.25) is 0 Å². The van der Waals surface area contributed by atoms with Crippen molar-refractivity contribution in [2.75, 3.05) is 6.26 Å². The molecular weight excluding hydrogens is 338 g/mol. The Morgan fingerprint density at radius 3 is 2.76 bits per heavy atom. The van der Waals surface area contributed by atoms with Gasteiger partial charge in [0.25, 0.3) is 5.89 Å². The summed E-state index contributed by atoms with van der Waals surface area (Å²) in [6.07, 6.45) is 4.46. The van der Waals surface area contributed by atoms with E-state index in [0.29, 0.717) is 16.4 Å². The number of ether oxygens (including phenoxy) is 1. The Morgan fingerprint density at radius 2 is 2.04 bits per heavy atom. The molecule has 0 saturated carbocycles. The quantitative estimate of drug-likeness (QED) is 0.492. The smallest absolute Gasteiger partial charge is 0.341 e. The highest BCUT2D eigenvalue weighted by Crippen LogP contribution is 2.19. The molecule has 0 bridgehead atoms. The molecule has 0 aliphatic heterocycles. The third-order valence-electron chi connectivity index (χ3n) is 3.60. The number of aryl methyl sites for hydroxylation is 1. The van der Waals surface area contributed by atoms with Crippen LogP contribution in [-0.2, 0) is 17.8 Å². The highest BCUT2D eigenvalue weighted by atomic mass is 32.2. The lowest BCUT2D eigenvalue weighted by atomic mass is 10.1. The van der Waals surface area contributed by atoms with Crippen molar-refractivity contribution >= 4 is 17.7 Å². The first-order valence-corrected chi connectivity index (χ1v) is 9.01. The number of carbonyl (C=O) groups excluding carboxylic acids is 1. The molecule has 2 aromatic heterocycles. The molecule has 3 rings (SSSR count). The minimum absolute atomic E-state index is 0.0818.